The van der Waals surface area contributed by atoms with Gasteiger partial charge in [-0.3, -0.25) is 0 Å². The maximum atomic E-state index is 6.00. The molecule has 1 nitrogen and oxygen atoms in total. The van der Waals surface area contributed by atoms with Gasteiger partial charge in [-0.25, -0.2) is 0 Å². The molecule has 0 radical (unpaired) electrons. The molecule has 1 aromatic rings. The highest BCUT2D eigenvalue weighted by atomic mass is 127. The third-order valence-corrected chi connectivity index (χ3v) is 7.48. The quantitative estimate of drug-likeness (QED) is 0.260. The summed E-state index contributed by atoms with van der Waals surface area (Å²) in [5.41, 5.74) is 1.50. The first-order valence-electron chi connectivity index (χ1n) is 7.22. The second-order valence-corrected chi connectivity index (χ2v) is 10.5. The Bertz CT molecular complexity index is 363. The summed E-state index contributed by atoms with van der Waals surface area (Å²) in [4.78, 5) is 0. The van der Waals surface area contributed by atoms with Crippen LogP contribution in [0.5, 0.6) is 0 Å². The molecule has 0 aliphatic heterocycles. The minimum atomic E-state index is 0.205. The summed E-state index contributed by atoms with van der Waals surface area (Å²) in [5, 5.41) is 0. The van der Waals surface area contributed by atoms with Crippen LogP contribution >= 0.6 is 37.7 Å². The van der Waals surface area contributed by atoms with E-state index in [0.29, 0.717) is 6.10 Å². The van der Waals surface area contributed by atoms with Crippen LogP contribution in [0.3, 0.4) is 0 Å². The predicted molar refractivity (Wildman–Crippen MR) is 97.1 cm³/mol. The van der Waals surface area contributed by atoms with Crippen molar-refractivity contribution in [2.75, 3.05) is 6.61 Å². The lowest BCUT2D eigenvalue weighted by atomic mass is 9.83. The molecule has 0 bridgehead atoms. The Hall–Kier alpha value is 0.607. The van der Waals surface area contributed by atoms with Gasteiger partial charge in [-0.15, -0.1) is 21.8 Å². The van der Waals surface area contributed by atoms with E-state index in [2.05, 4.69) is 62.0 Å². The van der Waals surface area contributed by atoms with Crippen LogP contribution in [0, 0.1) is 0 Å². The molecule has 1 aliphatic carbocycles. The summed E-state index contributed by atoms with van der Waals surface area (Å²) in [5.74, 6) is 0.745. The first-order valence-corrected chi connectivity index (χ1v) is 14.1. The van der Waals surface area contributed by atoms with Gasteiger partial charge in [-0.1, -0.05) is 34.1 Å². The van der Waals surface area contributed by atoms with E-state index in [-0.39, 0.29) is 7.02 Å². The molecule has 19 heavy (non-hydrogen) atoms. The average molecular weight is 453 g/mol. The lowest BCUT2D eigenvalue weighted by Crippen LogP contribution is -2.21. The van der Waals surface area contributed by atoms with Crippen molar-refractivity contribution in [1.82, 2.24) is 0 Å². The molecule has 1 aliphatic rings. The Morgan fingerprint density at radius 3 is 2.47 bits per heavy atom. The van der Waals surface area contributed by atoms with Crippen LogP contribution in [0.15, 0.2) is 28.7 Å². The number of benzene rings is 1. The SMILES string of the molecule is Brc1ccc([C@H]2CC[C@H](OCCC[SiH2]I)CC2)cc1. The van der Waals surface area contributed by atoms with Gasteiger partial charge in [0.05, 0.1) is 13.1 Å². The minimum Gasteiger partial charge on any atom is -0.378 e. The molecular formula is C15H22BrIOSi. The summed E-state index contributed by atoms with van der Waals surface area (Å²) < 4.78 is 7.17. The average Bonchev–Trinajstić information content (AvgIpc) is 2.45. The van der Waals surface area contributed by atoms with Gasteiger partial charge in [-0.05, 0) is 55.7 Å². The largest absolute Gasteiger partial charge is 0.378 e. The number of hydrogen-bond acceptors (Lipinski definition) is 1. The summed E-state index contributed by atoms with van der Waals surface area (Å²) >= 11 is 6.08. The van der Waals surface area contributed by atoms with E-state index in [1.807, 2.05) is 0 Å². The summed E-state index contributed by atoms with van der Waals surface area (Å²) in [6.07, 6.45) is 6.86. The van der Waals surface area contributed by atoms with Crippen molar-refractivity contribution in [1.29, 1.82) is 0 Å². The van der Waals surface area contributed by atoms with Crippen molar-refractivity contribution in [3.8, 4) is 0 Å². The highest BCUT2D eigenvalue weighted by molar-refractivity contribution is 14.1. The van der Waals surface area contributed by atoms with Gasteiger partial charge in [0, 0.05) is 11.1 Å². The van der Waals surface area contributed by atoms with Crippen molar-refractivity contribution in [3.63, 3.8) is 0 Å². The molecule has 0 spiro atoms. The Kier molecular flexibility index (Phi) is 7.40. The van der Waals surface area contributed by atoms with Gasteiger partial charge in [0.2, 0.25) is 0 Å². The molecule has 0 heterocycles. The third-order valence-electron chi connectivity index (χ3n) is 3.90. The highest BCUT2D eigenvalue weighted by Gasteiger charge is 2.22. The normalized spacial score (nSPS) is 24.1. The monoisotopic (exact) mass is 452 g/mol. The standard InChI is InChI=1S/C15H22BrIOSi/c16-14-6-2-12(3-7-14)13-4-8-15(9-5-13)18-10-1-11-19-17/h2-3,6-7,13,15H,1,4-5,8-11,19H2/t13-,15-. The van der Waals surface area contributed by atoms with E-state index in [9.17, 15) is 0 Å². The second-order valence-electron chi connectivity index (χ2n) is 5.29. The fraction of sp³-hybridized carbons (Fsp3) is 0.600. The van der Waals surface area contributed by atoms with Crippen molar-refractivity contribution < 1.29 is 4.74 Å². The number of halogens is 2. The molecule has 0 unspecified atom stereocenters. The van der Waals surface area contributed by atoms with E-state index in [4.69, 9.17) is 4.74 Å². The molecule has 2 rings (SSSR count). The number of ether oxygens (including phenoxy) is 1. The zero-order valence-corrected chi connectivity index (χ0v) is 16.4. The molecule has 1 fully saturated rings. The first-order chi connectivity index (χ1) is 9.29. The van der Waals surface area contributed by atoms with Gasteiger partial charge in [-0.2, -0.15) is 0 Å². The summed E-state index contributed by atoms with van der Waals surface area (Å²) in [6.45, 7) is 0.990. The molecule has 1 aromatic carbocycles. The lowest BCUT2D eigenvalue weighted by Gasteiger charge is -2.29. The molecule has 0 aromatic heterocycles. The molecule has 0 atom stereocenters. The van der Waals surface area contributed by atoms with Crippen molar-refractivity contribution in [3.05, 3.63) is 34.3 Å². The molecule has 0 saturated heterocycles. The van der Waals surface area contributed by atoms with Crippen molar-refractivity contribution >= 4 is 44.7 Å². The Morgan fingerprint density at radius 1 is 1.16 bits per heavy atom. The molecule has 1 saturated carbocycles. The van der Waals surface area contributed by atoms with E-state index in [1.165, 1.54) is 48.2 Å². The summed E-state index contributed by atoms with van der Waals surface area (Å²) in [7, 11) is 0.205. The molecule has 0 amide bonds. The minimum absolute atomic E-state index is 0.205. The van der Waals surface area contributed by atoms with E-state index in [0.717, 1.165) is 12.5 Å². The van der Waals surface area contributed by atoms with Gasteiger partial charge < -0.3 is 4.74 Å². The maximum Gasteiger partial charge on any atom is 0.0938 e. The zero-order chi connectivity index (χ0) is 13.5. The fourth-order valence-corrected chi connectivity index (χ4v) is 5.02. The molecule has 4 heteroatoms. The Morgan fingerprint density at radius 2 is 1.84 bits per heavy atom. The Labute approximate surface area is 140 Å². The van der Waals surface area contributed by atoms with E-state index >= 15 is 0 Å². The van der Waals surface area contributed by atoms with Crippen LogP contribution in [-0.4, -0.2) is 19.7 Å². The highest BCUT2D eigenvalue weighted by Crippen LogP contribution is 2.34. The smallest absolute Gasteiger partial charge is 0.0938 e. The summed E-state index contributed by atoms with van der Waals surface area (Å²) in [6, 6.07) is 10.3. The molecular weight excluding hydrogens is 431 g/mol. The predicted octanol–water partition coefficient (Wildman–Crippen LogP) is 4.82. The second kappa shape index (κ2) is 8.80. The lowest BCUT2D eigenvalue weighted by molar-refractivity contribution is 0.0252. The van der Waals surface area contributed by atoms with Crippen molar-refractivity contribution in [2.24, 2.45) is 0 Å². The fourth-order valence-electron chi connectivity index (χ4n) is 2.74. The van der Waals surface area contributed by atoms with Crippen LogP contribution in [-0.2, 0) is 4.74 Å². The van der Waals surface area contributed by atoms with Crippen LogP contribution in [0.2, 0.25) is 6.04 Å². The van der Waals surface area contributed by atoms with Crippen LogP contribution in [0.4, 0.5) is 0 Å². The molecule has 106 valence electrons. The zero-order valence-electron chi connectivity index (χ0n) is 11.3. The first kappa shape index (κ1) is 16.0. The van der Waals surface area contributed by atoms with Gasteiger partial charge in [0.1, 0.15) is 0 Å². The van der Waals surface area contributed by atoms with Crippen molar-refractivity contribution in [2.45, 2.75) is 50.2 Å². The van der Waals surface area contributed by atoms with Gasteiger partial charge in [0.25, 0.3) is 0 Å². The van der Waals surface area contributed by atoms with Crippen LogP contribution in [0.1, 0.15) is 43.6 Å². The number of rotatable bonds is 6. The Balaban J connectivity index is 1.71. The third kappa shape index (κ3) is 5.48. The van der Waals surface area contributed by atoms with Gasteiger partial charge in [0.15, 0.2) is 0 Å². The van der Waals surface area contributed by atoms with Crippen LogP contribution < -0.4 is 0 Å². The van der Waals surface area contributed by atoms with Crippen LogP contribution in [0.25, 0.3) is 0 Å². The topological polar surface area (TPSA) is 9.23 Å². The van der Waals surface area contributed by atoms with E-state index < -0.39 is 0 Å². The van der Waals surface area contributed by atoms with E-state index in [1.54, 1.807) is 0 Å². The number of hydrogen-bond donors (Lipinski definition) is 0. The maximum absolute atomic E-state index is 6.00. The van der Waals surface area contributed by atoms with Gasteiger partial charge >= 0.3 is 0 Å². The molecule has 0 N–H and O–H groups in total.